The van der Waals surface area contributed by atoms with Crippen LogP contribution in [-0.2, 0) is 9.53 Å². The molecular formula is C17H32N2O5. The van der Waals surface area contributed by atoms with Gasteiger partial charge < -0.3 is 25.6 Å². The molecule has 0 radical (unpaired) electrons. The molecule has 24 heavy (non-hydrogen) atoms. The van der Waals surface area contributed by atoms with E-state index < -0.39 is 17.8 Å². The summed E-state index contributed by atoms with van der Waals surface area (Å²) < 4.78 is 5.16. The van der Waals surface area contributed by atoms with Crippen LogP contribution in [0.25, 0.3) is 0 Å². The molecule has 1 aliphatic rings. The minimum Gasteiger partial charge on any atom is -0.444 e. The summed E-state index contributed by atoms with van der Waals surface area (Å²) in [6, 6.07) is -0.135. The van der Waals surface area contributed by atoms with Crippen LogP contribution >= 0.6 is 0 Å². The molecule has 1 rings (SSSR count). The van der Waals surface area contributed by atoms with Crippen molar-refractivity contribution < 1.29 is 24.5 Å². The standard InChI is InChI=1S/C17H32N2O5/c1-17(2,3)24-16(23)18-10-6-7-12(14(21)11-20)13-8-4-5-9-15(22)19-13/h12-14,20-21H,4-11H2,1-3H3,(H,18,23)(H,19,22). The van der Waals surface area contributed by atoms with Gasteiger partial charge >= 0.3 is 6.09 Å². The fourth-order valence-corrected chi connectivity index (χ4v) is 2.96. The van der Waals surface area contributed by atoms with Crippen molar-refractivity contribution in [2.45, 2.75) is 77.0 Å². The van der Waals surface area contributed by atoms with E-state index in [1.807, 2.05) is 0 Å². The zero-order chi connectivity index (χ0) is 18.2. The number of carbonyl (C=O) groups excluding carboxylic acids is 2. The van der Waals surface area contributed by atoms with Crippen LogP contribution in [0, 0.1) is 5.92 Å². The first kappa shape index (κ1) is 20.7. The van der Waals surface area contributed by atoms with E-state index in [2.05, 4.69) is 10.6 Å². The summed E-state index contributed by atoms with van der Waals surface area (Å²) in [6.07, 6.45) is 2.97. The summed E-state index contributed by atoms with van der Waals surface area (Å²) in [7, 11) is 0. The lowest BCUT2D eigenvalue weighted by atomic mass is 9.87. The Morgan fingerprint density at radius 2 is 2.12 bits per heavy atom. The largest absolute Gasteiger partial charge is 0.444 e. The summed E-state index contributed by atoms with van der Waals surface area (Å²) in [6.45, 7) is 5.49. The number of ether oxygens (including phenoxy) is 1. The van der Waals surface area contributed by atoms with E-state index in [-0.39, 0.29) is 24.5 Å². The first-order valence-corrected chi connectivity index (χ1v) is 8.78. The third-order valence-electron chi connectivity index (χ3n) is 4.10. The van der Waals surface area contributed by atoms with Crippen molar-refractivity contribution in [1.29, 1.82) is 0 Å². The molecule has 1 heterocycles. The van der Waals surface area contributed by atoms with Crippen LogP contribution in [0.3, 0.4) is 0 Å². The number of amides is 2. The maximum absolute atomic E-state index is 11.7. The Labute approximate surface area is 144 Å². The molecule has 1 fully saturated rings. The van der Waals surface area contributed by atoms with Crippen molar-refractivity contribution in [3.05, 3.63) is 0 Å². The number of rotatable bonds is 7. The molecule has 1 saturated heterocycles. The summed E-state index contributed by atoms with van der Waals surface area (Å²) in [5.41, 5.74) is -0.537. The van der Waals surface area contributed by atoms with Gasteiger partial charge in [0, 0.05) is 24.9 Å². The van der Waals surface area contributed by atoms with Crippen LogP contribution in [0.2, 0.25) is 0 Å². The van der Waals surface area contributed by atoms with E-state index >= 15 is 0 Å². The van der Waals surface area contributed by atoms with Crippen LogP contribution in [0.1, 0.15) is 59.3 Å². The molecule has 0 spiro atoms. The number of aliphatic hydroxyl groups excluding tert-OH is 2. The van der Waals surface area contributed by atoms with Gasteiger partial charge in [0.2, 0.25) is 5.91 Å². The molecule has 0 aromatic heterocycles. The van der Waals surface area contributed by atoms with Gasteiger partial charge in [-0.25, -0.2) is 4.79 Å². The van der Waals surface area contributed by atoms with Crippen LogP contribution in [0.4, 0.5) is 4.79 Å². The maximum Gasteiger partial charge on any atom is 0.407 e. The first-order valence-electron chi connectivity index (χ1n) is 8.78. The number of hydrogen-bond acceptors (Lipinski definition) is 5. The van der Waals surface area contributed by atoms with Gasteiger partial charge in [-0.2, -0.15) is 0 Å². The maximum atomic E-state index is 11.7. The number of hydrogen-bond donors (Lipinski definition) is 4. The molecule has 0 bridgehead atoms. The van der Waals surface area contributed by atoms with E-state index in [0.29, 0.717) is 25.8 Å². The zero-order valence-corrected chi connectivity index (χ0v) is 15.0. The van der Waals surface area contributed by atoms with Crippen molar-refractivity contribution in [2.24, 2.45) is 5.92 Å². The van der Waals surface area contributed by atoms with Gasteiger partial charge in [-0.15, -0.1) is 0 Å². The van der Waals surface area contributed by atoms with Crippen LogP contribution in [-0.4, -0.2) is 53.1 Å². The van der Waals surface area contributed by atoms with Crippen LogP contribution < -0.4 is 10.6 Å². The molecule has 0 saturated carbocycles. The second-order valence-electron chi connectivity index (χ2n) is 7.40. The molecule has 4 N–H and O–H groups in total. The Morgan fingerprint density at radius 3 is 2.75 bits per heavy atom. The summed E-state index contributed by atoms with van der Waals surface area (Å²) in [5, 5.41) is 25.0. The third-order valence-corrected chi connectivity index (χ3v) is 4.10. The molecule has 1 aliphatic heterocycles. The van der Waals surface area contributed by atoms with Gasteiger partial charge in [0.1, 0.15) is 5.60 Å². The Bertz CT molecular complexity index is 408. The highest BCUT2D eigenvalue weighted by atomic mass is 16.6. The molecule has 7 nitrogen and oxygen atoms in total. The monoisotopic (exact) mass is 344 g/mol. The number of carbonyl (C=O) groups is 2. The van der Waals surface area contributed by atoms with Gasteiger partial charge in [-0.3, -0.25) is 4.79 Å². The van der Waals surface area contributed by atoms with E-state index in [1.54, 1.807) is 20.8 Å². The van der Waals surface area contributed by atoms with Gasteiger partial charge in [-0.05, 0) is 46.5 Å². The van der Waals surface area contributed by atoms with Crippen LogP contribution in [0.5, 0.6) is 0 Å². The first-order chi connectivity index (χ1) is 11.2. The predicted molar refractivity (Wildman–Crippen MR) is 90.5 cm³/mol. The molecule has 140 valence electrons. The molecule has 0 aromatic carbocycles. The molecule has 7 heteroatoms. The fraction of sp³-hybridized carbons (Fsp3) is 0.882. The highest BCUT2D eigenvalue weighted by Crippen LogP contribution is 2.23. The second-order valence-corrected chi connectivity index (χ2v) is 7.40. The average Bonchev–Trinajstić information content (AvgIpc) is 2.69. The molecule has 3 atom stereocenters. The van der Waals surface area contributed by atoms with E-state index in [4.69, 9.17) is 4.74 Å². The summed E-state index contributed by atoms with van der Waals surface area (Å²) in [4.78, 5) is 23.3. The highest BCUT2D eigenvalue weighted by molar-refractivity contribution is 5.76. The Hall–Kier alpha value is -1.34. The number of alkyl carbamates (subject to hydrolysis) is 1. The van der Waals surface area contributed by atoms with Gasteiger partial charge in [0.25, 0.3) is 0 Å². The highest BCUT2D eigenvalue weighted by Gasteiger charge is 2.30. The van der Waals surface area contributed by atoms with Gasteiger partial charge in [0.05, 0.1) is 12.7 Å². The van der Waals surface area contributed by atoms with Gasteiger partial charge in [0.15, 0.2) is 0 Å². The van der Waals surface area contributed by atoms with Crippen molar-refractivity contribution in [2.75, 3.05) is 13.2 Å². The lowest BCUT2D eigenvalue weighted by Gasteiger charge is -2.30. The summed E-state index contributed by atoms with van der Waals surface area (Å²) >= 11 is 0. The lowest BCUT2D eigenvalue weighted by Crippen LogP contribution is -2.45. The third kappa shape index (κ3) is 7.97. The minimum atomic E-state index is -0.880. The topological polar surface area (TPSA) is 108 Å². The molecule has 0 aliphatic carbocycles. The van der Waals surface area contributed by atoms with E-state index in [1.165, 1.54) is 0 Å². The quantitative estimate of drug-likeness (QED) is 0.521. The Morgan fingerprint density at radius 1 is 1.42 bits per heavy atom. The smallest absolute Gasteiger partial charge is 0.407 e. The SMILES string of the molecule is CC(C)(C)OC(=O)NCCCC(C(O)CO)C1CCCCC(=O)N1. The van der Waals surface area contributed by atoms with E-state index in [9.17, 15) is 19.8 Å². The van der Waals surface area contributed by atoms with Crippen molar-refractivity contribution in [3.8, 4) is 0 Å². The Balaban J connectivity index is 2.46. The lowest BCUT2D eigenvalue weighted by molar-refractivity contribution is -0.122. The fourth-order valence-electron chi connectivity index (χ4n) is 2.96. The van der Waals surface area contributed by atoms with E-state index in [0.717, 1.165) is 19.3 Å². The molecule has 2 amide bonds. The number of nitrogens with one attached hydrogen (secondary N) is 2. The second kappa shape index (κ2) is 9.84. The van der Waals surface area contributed by atoms with Gasteiger partial charge in [-0.1, -0.05) is 6.42 Å². The summed E-state index contributed by atoms with van der Waals surface area (Å²) in [5.74, 6) is -0.225. The normalized spacial score (nSPS) is 21.4. The molecular weight excluding hydrogens is 312 g/mol. The number of aliphatic hydroxyl groups is 2. The average molecular weight is 344 g/mol. The van der Waals surface area contributed by atoms with Crippen molar-refractivity contribution in [3.63, 3.8) is 0 Å². The Kier molecular flexibility index (Phi) is 8.48. The van der Waals surface area contributed by atoms with Crippen molar-refractivity contribution >= 4 is 12.0 Å². The zero-order valence-electron chi connectivity index (χ0n) is 15.0. The minimum absolute atomic E-state index is 0.000445. The van der Waals surface area contributed by atoms with Crippen molar-refractivity contribution in [1.82, 2.24) is 10.6 Å². The molecule has 3 unspecified atom stereocenters. The van der Waals surface area contributed by atoms with Crippen LogP contribution in [0.15, 0.2) is 0 Å². The molecule has 0 aromatic rings. The predicted octanol–water partition coefficient (Wildman–Crippen LogP) is 1.32.